The van der Waals surface area contributed by atoms with Crippen molar-refractivity contribution in [2.75, 3.05) is 32.8 Å². The molecule has 218 valence electrons. The van der Waals surface area contributed by atoms with Crippen molar-refractivity contribution in [3.8, 4) is 5.75 Å². The molecule has 3 rings (SSSR count). The quantitative estimate of drug-likeness (QED) is 0.301. The van der Waals surface area contributed by atoms with Crippen LogP contribution in [0.25, 0.3) is 0 Å². The number of benzene rings is 1. The highest BCUT2D eigenvalue weighted by atomic mass is 35.5. The summed E-state index contributed by atoms with van der Waals surface area (Å²) >= 11 is 11.4. The van der Waals surface area contributed by atoms with Crippen LogP contribution in [0.5, 0.6) is 5.75 Å². The van der Waals surface area contributed by atoms with Gasteiger partial charge in [-0.25, -0.2) is 4.79 Å². The number of ether oxygens (including phenoxy) is 2. The Balaban J connectivity index is 1.71. The Labute approximate surface area is 245 Å². The van der Waals surface area contributed by atoms with E-state index in [1.165, 1.54) is 0 Å². The Hall–Kier alpha value is -1.65. The second-order valence-electron chi connectivity index (χ2n) is 12.1. The Bertz CT molecular complexity index is 1040. The molecule has 0 aromatic heterocycles. The van der Waals surface area contributed by atoms with Gasteiger partial charge in [0.15, 0.2) is 0 Å². The van der Waals surface area contributed by atoms with Gasteiger partial charge >= 0.3 is 6.09 Å². The lowest BCUT2D eigenvalue weighted by molar-refractivity contribution is -0.142. The zero-order valence-corrected chi connectivity index (χ0v) is 26.0. The molecule has 2 heterocycles. The third-order valence-corrected chi connectivity index (χ3v) is 9.04. The second kappa shape index (κ2) is 12.9. The van der Waals surface area contributed by atoms with Gasteiger partial charge in [0, 0.05) is 49.2 Å². The average molecular weight is 603 g/mol. The van der Waals surface area contributed by atoms with Crippen molar-refractivity contribution in [2.45, 2.75) is 70.8 Å². The van der Waals surface area contributed by atoms with Gasteiger partial charge < -0.3 is 23.8 Å². The van der Waals surface area contributed by atoms with Gasteiger partial charge in [0.2, 0.25) is 5.91 Å². The number of carbonyl (C=O) groups is 2. The summed E-state index contributed by atoms with van der Waals surface area (Å²) in [5.41, 5.74) is 0.209. The van der Waals surface area contributed by atoms with Crippen molar-refractivity contribution >= 4 is 46.6 Å². The van der Waals surface area contributed by atoms with E-state index in [9.17, 15) is 14.1 Å². The molecule has 0 spiro atoms. The van der Waals surface area contributed by atoms with Crippen molar-refractivity contribution in [1.29, 1.82) is 0 Å². The molecular formula is C28H41Cl2N3O5S. The summed E-state index contributed by atoms with van der Waals surface area (Å²) in [4.78, 5) is 28.9. The van der Waals surface area contributed by atoms with E-state index in [4.69, 9.17) is 32.7 Å². The van der Waals surface area contributed by atoms with E-state index in [1.807, 2.05) is 46.4 Å². The SMILES string of the molecule is C=CCOc1cc(Cl)c(Cl)cc1C(N[S@@+]([O-])C(C)(C)C)C1CCN(C(=O)C2CN(C(=O)OC(C)(C)C)C2)CC1. The third kappa shape index (κ3) is 8.43. The van der Waals surface area contributed by atoms with Gasteiger partial charge in [-0.05, 0) is 66.4 Å². The second-order valence-corrected chi connectivity index (χ2v) is 14.9. The number of hydrogen-bond acceptors (Lipinski definition) is 6. The van der Waals surface area contributed by atoms with Gasteiger partial charge in [-0.1, -0.05) is 35.9 Å². The van der Waals surface area contributed by atoms with Gasteiger partial charge in [-0.3, -0.25) is 4.79 Å². The predicted octanol–water partition coefficient (Wildman–Crippen LogP) is 5.76. The van der Waals surface area contributed by atoms with Crippen molar-refractivity contribution in [2.24, 2.45) is 11.8 Å². The first kappa shape index (κ1) is 31.9. The number of nitrogens with one attached hydrogen (secondary N) is 1. The molecule has 0 radical (unpaired) electrons. The van der Waals surface area contributed by atoms with Crippen molar-refractivity contribution < 1.29 is 23.6 Å². The monoisotopic (exact) mass is 601 g/mol. The highest BCUT2D eigenvalue weighted by molar-refractivity contribution is 7.90. The summed E-state index contributed by atoms with van der Waals surface area (Å²) in [6.45, 7) is 17.1. The minimum atomic E-state index is -1.36. The maximum absolute atomic E-state index is 13.2. The van der Waals surface area contributed by atoms with Crippen molar-refractivity contribution in [3.05, 3.63) is 40.4 Å². The molecule has 2 atom stereocenters. The number of likely N-dealkylation sites (tertiary alicyclic amines) is 2. The Morgan fingerprint density at radius 1 is 1.13 bits per heavy atom. The molecule has 0 saturated carbocycles. The molecule has 2 fully saturated rings. The molecule has 0 aliphatic carbocycles. The number of rotatable bonds is 8. The molecule has 2 aliphatic heterocycles. The normalized spacial score (nSPS) is 18.8. The lowest BCUT2D eigenvalue weighted by Crippen LogP contribution is -2.58. The van der Waals surface area contributed by atoms with Gasteiger partial charge in [0.25, 0.3) is 0 Å². The van der Waals surface area contributed by atoms with Crippen LogP contribution in [-0.2, 0) is 20.9 Å². The minimum absolute atomic E-state index is 0.0561. The number of nitrogens with zero attached hydrogens (tertiary/aromatic N) is 2. The fourth-order valence-electron chi connectivity index (χ4n) is 4.59. The molecule has 8 nitrogen and oxygen atoms in total. The standard InChI is InChI=1S/C28H41Cl2N3O5S/c1-8-13-37-23-15-22(30)21(29)14-20(23)24(31-39(36)28(5,6)7)18-9-11-32(12-10-18)25(34)19-16-33(17-19)26(35)38-27(2,3)4/h8,14-15,18-19,24,31H,1,9-13,16-17H2,2-7H3/t24?,39-/m0/s1. The van der Waals surface area contributed by atoms with Crippen LogP contribution in [-0.4, -0.2) is 69.5 Å². The average Bonchev–Trinajstić information content (AvgIpc) is 2.80. The summed E-state index contributed by atoms with van der Waals surface area (Å²) in [6, 6.07) is 3.13. The van der Waals surface area contributed by atoms with Crippen LogP contribution in [0.3, 0.4) is 0 Å². The molecule has 1 unspecified atom stereocenters. The zero-order valence-electron chi connectivity index (χ0n) is 23.7. The molecule has 1 aromatic carbocycles. The predicted molar refractivity (Wildman–Crippen MR) is 157 cm³/mol. The highest BCUT2D eigenvalue weighted by Gasteiger charge is 2.42. The summed E-state index contributed by atoms with van der Waals surface area (Å²) in [6.07, 6.45) is 2.67. The van der Waals surface area contributed by atoms with E-state index in [-0.39, 0.29) is 36.5 Å². The topological polar surface area (TPSA) is 94.2 Å². The number of piperidine rings is 1. The van der Waals surface area contributed by atoms with E-state index >= 15 is 0 Å². The summed E-state index contributed by atoms with van der Waals surface area (Å²) < 4.78 is 27.4. The lowest BCUT2D eigenvalue weighted by atomic mass is 9.85. The Kier molecular flexibility index (Phi) is 10.5. The molecule has 39 heavy (non-hydrogen) atoms. The number of carbonyl (C=O) groups excluding carboxylic acids is 2. The summed E-state index contributed by atoms with van der Waals surface area (Å²) in [5, 5.41) is 0.759. The van der Waals surface area contributed by atoms with Gasteiger partial charge in [0.05, 0.1) is 22.0 Å². The number of halogens is 2. The first-order chi connectivity index (χ1) is 18.1. The van der Waals surface area contributed by atoms with E-state index in [2.05, 4.69) is 11.3 Å². The first-order valence-corrected chi connectivity index (χ1v) is 15.2. The molecule has 1 N–H and O–H groups in total. The van der Waals surface area contributed by atoms with Crippen LogP contribution >= 0.6 is 23.2 Å². The van der Waals surface area contributed by atoms with E-state index in [0.717, 1.165) is 5.56 Å². The molecule has 2 saturated heterocycles. The fraction of sp³-hybridized carbons (Fsp3) is 0.643. The smallest absolute Gasteiger partial charge is 0.410 e. The Morgan fingerprint density at radius 2 is 1.72 bits per heavy atom. The van der Waals surface area contributed by atoms with Gasteiger partial charge in [0.1, 0.15) is 22.7 Å². The molecule has 11 heteroatoms. The maximum atomic E-state index is 13.2. The fourth-order valence-corrected chi connectivity index (χ4v) is 5.82. The van der Waals surface area contributed by atoms with E-state index < -0.39 is 21.7 Å². The summed E-state index contributed by atoms with van der Waals surface area (Å²) in [5.74, 6) is 0.470. The van der Waals surface area contributed by atoms with Crippen LogP contribution in [0, 0.1) is 11.8 Å². The van der Waals surface area contributed by atoms with Crippen LogP contribution in [0.4, 0.5) is 4.79 Å². The Morgan fingerprint density at radius 3 is 2.26 bits per heavy atom. The summed E-state index contributed by atoms with van der Waals surface area (Å²) in [7, 11) is 0. The molecular weight excluding hydrogens is 561 g/mol. The zero-order chi connectivity index (χ0) is 29.1. The van der Waals surface area contributed by atoms with E-state index in [0.29, 0.717) is 54.8 Å². The number of amides is 2. The van der Waals surface area contributed by atoms with Crippen LogP contribution < -0.4 is 9.46 Å². The lowest BCUT2D eigenvalue weighted by Gasteiger charge is -2.43. The third-order valence-electron chi connectivity index (χ3n) is 6.74. The van der Waals surface area contributed by atoms with Crippen LogP contribution in [0.15, 0.2) is 24.8 Å². The highest BCUT2D eigenvalue weighted by Crippen LogP contribution is 2.41. The van der Waals surface area contributed by atoms with Crippen LogP contribution in [0.1, 0.15) is 66.0 Å². The number of hydrogen-bond donors (Lipinski definition) is 1. The van der Waals surface area contributed by atoms with Crippen LogP contribution in [0.2, 0.25) is 10.0 Å². The van der Waals surface area contributed by atoms with Gasteiger partial charge in [-0.15, -0.1) is 4.72 Å². The molecule has 0 bridgehead atoms. The van der Waals surface area contributed by atoms with Gasteiger partial charge in [-0.2, -0.15) is 0 Å². The first-order valence-electron chi connectivity index (χ1n) is 13.3. The molecule has 1 aromatic rings. The van der Waals surface area contributed by atoms with Crippen molar-refractivity contribution in [3.63, 3.8) is 0 Å². The molecule has 2 aliphatic rings. The largest absolute Gasteiger partial charge is 0.598 e. The van der Waals surface area contributed by atoms with E-state index in [1.54, 1.807) is 23.1 Å². The minimum Gasteiger partial charge on any atom is -0.598 e. The maximum Gasteiger partial charge on any atom is 0.410 e. The van der Waals surface area contributed by atoms with Crippen molar-refractivity contribution in [1.82, 2.24) is 14.5 Å². The molecule has 2 amide bonds.